The molecule has 3 aromatic carbocycles. The number of anilines is 2. The number of aryl methyl sites for hydroxylation is 2. The van der Waals surface area contributed by atoms with Crippen LogP contribution in [0, 0.1) is 13.8 Å². The molecule has 3 aromatic rings. The van der Waals surface area contributed by atoms with Crippen molar-refractivity contribution in [3.8, 4) is 5.75 Å². The summed E-state index contributed by atoms with van der Waals surface area (Å²) in [6, 6.07) is 16.4. The minimum atomic E-state index is -3.88. The number of sulfonamides is 1. The van der Waals surface area contributed by atoms with E-state index in [0.717, 1.165) is 5.56 Å². The molecule has 156 valence electrons. The number of carbonyl (C=O) groups excluding carboxylic acids is 1. The van der Waals surface area contributed by atoms with Gasteiger partial charge in [0.25, 0.3) is 15.9 Å². The highest BCUT2D eigenvalue weighted by Crippen LogP contribution is 2.28. The third-order valence-corrected chi connectivity index (χ3v) is 6.34. The first-order valence-electron chi connectivity index (χ1n) is 9.05. The summed E-state index contributed by atoms with van der Waals surface area (Å²) in [4.78, 5) is 12.7. The standard InChI is InChI=1S/C22H21ClN2O4S/c1-14-6-4-5-7-19(14)25-30(27,28)21-12-16(9-8-15(21)2)22(26)24-17-10-11-20(29-3)18(23)13-17/h4-13,25H,1-3H3,(H,24,26). The molecule has 0 atom stereocenters. The lowest BCUT2D eigenvalue weighted by Gasteiger charge is -2.14. The fourth-order valence-corrected chi connectivity index (χ4v) is 4.53. The summed E-state index contributed by atoms with van der Waals surface area (Å²) >= 11 is 6.09. The van der Waals surface area contributed by atoms with Crippen LogP contribution in [0.15, 0.2) is 65.6 Å². The van der Waals surface area contributed by atoms with Crippen molar-refractivity contribution in [2.24, 2.45) is 0 Å². The van der Waals surface area contributed by atoms with Gasteiger partial charge in [-0.3, -0.25) is 9.52 Å². The average molecular weight is 445 g/mol. The summed E-state index contributed by atoms with van der Waals surface area (Å²) in [6.45, 7) is 3.49. The Morgan fingerprint density at radius 1 is 0.967 bits per heavy atom. The predicted octanol–water partition coefficient (Wildman–Crippen LogP) is 5.02. The van der Waals surface area contributed by atoms with Gasteiger partial charge in [-0.2, -0.15) is 0 Å². The SMILES string of the molecule is COc1ccc(NC(=O)c2ccc(C)c(S(=O)(=O)Nc3ccccc3C)c2)cc1Cl. The van der Waals surface area contributed by atoms with Crippen molar-refractivity contribution in [3.63, 3.8) is 0 Å². The molecule has 1 amide bonds. The van der Waals surface area contributed by atoms with Crippen molar-refractivity contribution in [1.82, 2.24) is 0 Å². The second-order valence-corrected chi connectivity index (χ2v) is 8.76. The molecular formula is C22H21ClN2O4S. The molecular weight excluding hydrogens is 424 g/mol. The molecule has 6 nitrogen and oxygen atoms in total. The van der Waals surface area contributed by atoms with Crippen LogP contribution in [0.3, 0.4) is 0 Å². The maximum absolute atomic E-state index is 12.9. The third kappa shape index (κ3) is 4.75. The van der Waals surface area contributed by atoms with E-state index in [2.05, 4.69) is 10.0 Å². The van der Waals surface area contributed by atoms with Gasteiger partial charge in [-0.25, -0.2) is 8.42 Å². The lowest BCUT2D eigenvalue weighted by molar-refractivity contribution is 0.102. The molecule has 0 saturated heterocycles. The molecule has 0 aliphatic heterocycles. The molecule has 2 N–H and O–H groups in total. The molecule has 0 bridgehead atoms. The van der Waals surface area contributed by atoms with Crippen molar-refractivity contribution >= 4 is 38.9 Å². The van der Waals surface area contributed by atoms with E-state index in [0.29, 0.717) is 27.7 Å². The maximum atomic E-state index is 12.9. The minimum Gasteiger partial charge on any atom is -0.495 e. The van der Waals surface area contributed by atoms with Crippen molar-refractivity contribution in [2.45, 2.75) is 18.7 Å². The van der Waals surface area contributed by atoms with Crippen molar-refractivity contribution < 1.29 is 17.9 Å². The number of methoxy groups -OCH3 is 1. The van der Waals surface area contributed by atoms with E-state index >= 15 is 0 Å². The number of benzene rings is 3. The Bertz CT molecular complexity index is 1210. The zero-order chi connectivity index (χ0) is 21.9. The van der Waals surface area contributed by atoms with Gasteiger partial charge < -0.3 is 10.1 Å². The van der Waals surface area contributed by atoms with Gasteiger partial charge in [0.1, 0.15) is 5.75 Å². The molecule has 0 unspecified atom stereocenters. The van der Waals surface area contributed by atoms with Crippen molar-refractivity contribution in [3.05, 3.63) is 82.4 Å². The first-order chi connectivity index (χ1) is 14.2. The minimum absolute atomic E-state index is 0.0335. The first kappa shape index (κ1) is 21.7. The number of nitrogens with one attached hydrogen (secondary N) is 2. The molecule has 0 aliphatic carbocycles. The summed E-state index contributed by atoms with van der Waals surface area (Å²) in [7, 11) is -2.38. The highest BCUT2D eigenvalue weighted by atomic mass is 35.5. The number of halogens is 1. The summed E-state index contributed by atoms with van der Waals surface area (Å²) in [6.07, 6.45) is 0. The smallest absolute Gasteiger partial charge is 0.262 e. The van der Waals surface area contributed by atoms with Gasteiger partial charge in [0.05, 0.1) is 22.7 Å². The van der Waals surface area contributed by atoms with Gasteiger partial charge in [-0.1, -0.05) is 35.9 Å². The second kappa shape index (κ2) is 8.77. The summed E-state index contributed by atoms with van der Waals surface area (Å²) in [5.41, 5.74) is 2.48. The third-order valence-electron chi connectivity index (χ3n) is 4.54. The van der Waals surface area contributed by atoms with Crippen LogP contribution in [0.4, 0.5) is 11.4 Å². The number of para-hydroxylation sites is 1. The first-order valence-corrected chi connectivity index (χ1v) is 10.9. The van der Waals surface area contributed by atoms with Gasteiger partial charge in [0, 0.05) is 11.3 Å². The largest absolute Gasteiger partial charge is 0.495 e. The molecule has 8 heteroatoms. The van der Waals surface area contributed by atoms with Gasteiger partial charge >= 0.3 is 0 Å². The highest BCUT2D eigenvalue weighted by molar-refractivity contribution is 7.92. The fourth-order valence-electron chi connectivity index (χ4n) is 2.87. The zero-order valence-corrected chi connectivity index (χ0v) is 18.3. The maximum Gasteiger partial charge on any atom is 0.262 e. The monoisotopic (exact) mass is 444 g/mol. The molecule has 0 heterocycles. The number of carbonyl (C=O) groups is 1. The van der Waals surface area contributed by atoms with E-state index in [9.17, 15) is 13.2 Å². The van der Waals surface area contributed by atoms with Gasteiger partial charge in [0.2, 0.25) is 0 Å². The quantitative estimate of drug-likeness (QED) is 0.559. The zero-order valence-electron chi connectivity index (χ0n) is 16.7. The number of hydrogen-bond acceptors (Lipinski definition) is 4. The van der Waals surface area contributed by atoms with Crippen LogP contribution in [0.1, 0.15) is 21.5 Å². The van der Waals surface area contributed by atoms with Gasteiger partial charge in [-0.15, -0.1) is 0 Å². The normalized spacial score (nSPS) is 11.1. The topological polar surface area (TPSA) is 84.5 Å². The average Bonchev–Trinajstić information content (AvgIpc) is 2.70. The lowest BCUT2D eigenvalue weighted by Crippen LogP contribution is -2.17. The number of rotatable bonds is 6. The Morgan fingerprint density at radius 3 is 2.37 bits per heavy atom. The predicted molar refractivity (Wildman–Crippen MR) is 119 cm³/mol. The van der Waals surface area contributed by atoms with E-state index in [1.807, 2.05) is 19.1 Å². The second-order valence-electron chi connectivity index (χ2n) is 6.70. The Morgan fingerprint density at radius 2 is 1.70 bits per heavy atom. The number of hydrogen-bond donors (Lipinski definition) is 2. The number of ether oxygens (including phenoxy) is 1. The fraction of sp³-hybridized carbons (Fsp3) is 0.136. The Balaban J connectivity index is 1.88. The van der Waals surface area contributed by atoms with Crippen LogP contribution in [0.2, 0.25) is 5.02 Å². The van der Waals surface area contributed by atoms with Crippen LogP contribution in [0.5, 0.6) is 5.75 Å². The van der Waals surface area contributed by atoms with E-state index in [1.54, 1.807) is 49.4 Å². The number of amides is 1. The van der Waals surface area contributed by atoms with E-state index in [-0.39, 0.29) is 10.5 Å². The highest BCUT2D eigenvalue weighted by Gasteiger charge is 2.20. The van der Waals surface area contributed by atoms with Crippen LogP contribution in [-0.2, 0) is 10.0 Å². The van der Waals surface area contributed by atoms with Crippen LogP contribution in [-0.4, -0.2) is 21.4 Å². The molecule has 0 aliphatic rings. The summed E-state index contributed by atoms with van der Waals surface area (Å²) in [5, 5.41) is 3.06. The van der Waals surface area contributed by atoms with Crippen molar-refractivity contribution in [1.29, 1.82) is 0 Å². The molecule has 0 radical (unpaired) electrons. The van der Waals surface area contributed by atoms with Crippen molar-refractivity contribution in [2.75, 3.05) is 17.1 Å². The van der Waals surface area contributed by atoms with Gasteiger partial charge in [-0.05, 0) is 61.4 Å². The molecule has 0 spiro atoms. The summed E-state index contributed by atoms with van der Waals surface area (Å²) < 4.78 is 33.6. The van der Waals surface area contributed by atoms with Crippen LogP contribution < -0.4 is 14.8 Å². The molecule has 3 rings (SSSR count). The lowest BCUT2D eigenvalue weighted by atomic mass is 10.1. The summed E-state index contributed by atoms with van der Waals surface area (Å²) in [5.74, 6) is 0.0317. The Labute approximate surface area is 180 Å². The van der Waals surface area contributed by atoms with Crippen LogP contribution >= 0.6 is 11.6 Å². The van der Waals surface area contributed by atoms with Gasteiger partial charge in [0.15, 0.2) is 0 Å². The molecule has 30 heavy (non-hydrogen) atoms. The van der Waals surface area contributed by atoms with E-state index in [4.69, 9.17) is 16.3 Å². The Kier molecular flexibility index (Phi) is 6.34. The molecule has 0 saturated carbocycles. The Hall–Kier alpha value is -3.03. The molecule has 0 fully saturated rings. The van der Waals surface area contributed by atoms with E-state index < -0.39 is 15.9 Å². The van der Waals surface area contributed by atoms with E-state index in [1.165, 1.54) is 13.2 Å². The molecule has 0 aromatic heterocycles. The van der Waals surface area contributed by atoms with Crippen LogP contribution in [0.25, 0.3) is 0 Å².